The van der Waals surface area contributed by atoms with E-state index in [0.29, 0.717) is 17.3 Å². The molecule has 1 aliphatic rings. The summed E-state index contributed by atoms with van der Waals surface area (Å²) in [6, 6.07) is 18.5. The molecule has 0 bridgehead atoms. The van der Waals surface area contributed by atoms with Crippen molar-refractivity contribution >= 4 is 22.6 Å². The molecule has 2 aromatic heterocycles. The Morgan fingerprint density at radius 2 is 1.77 bits per heavy atom. The fraction of sp³-hybridized carbons (Fsp3) is 0.250. The van der Waals surface area contributed by atoms with Crippen LogP contribution in [0.15, 0.2) is 67.0 Å². The number of carbonyl (C=O) groups is 1. The molecule has 0 unspecified atom stereocenters. The number of hydrogen-bond acceptors (Lipinski definition) is 5. The van der Waals surface area contributed by atoms with Crippen LogP contribution in [0.1, 0.15) is 41.6 Å². The van der Waals surface area contributed by atoms with Crippen molar-refractivity contribution in [1.29, 1.82) is 0 Å². The Morgan fingerprint density at radius 3 is 2.52 bits per heavy atom. The van der Waals surface area contributed by atoms with Crippen molar-refractivity contribution in [3.63, 3.8) is 0 Å². The van der Waals surface area contributed by atoms with Crippen LogP contribution in [0.4, 0.5) is 5.82 Å². The fourth-order valence-corrected chi connectivity index (χ4v) is 3.79. The number of carbonyl (C=O) groups excluding carboxylic acids is 1. The number of anilines is 1. The number of aryl methyl sites for hydroxylation is 1. The lowest BCUT2D eigenvalue weighted by Gasteiger charge is -2.12. The fourth-order valence-electron chi connectivity index (χ4n) is 3.79. The minimum Gasteiger partial charge on any atom is -0.367 e. The monoisotopic (exact) mass is 414 g/mol. The molecule has 2 heterocycles. The number of nitrogens with two attached hydrogens (primary N) is 1. The van der Waals surface area contributed by atoms with E-state index in [-0.39, 0.29) is 0 Å². The first-order valence-corrected chi connectivity index (χ1v) is 10.5. The van der Waals surface area contributed by atoms with E-state index in [1.807, 2.05) is 25.1 Å². The van der Waals surface area contributed by atoms with E-state index in [2.05, 4.69) is 44.8 Å². The summed E-state index contributed by atoms with van der Waals surface area (Å²) in [5.41, 5.74) is 8.35. The van der Waals surface area contributed by atoms with Crippen molar-refractivity contribution in [2.45, 2.75) is 38.6 Å². The van der Waals surface area contributed by atoms with Crippen molar-refractivity contribution in [3.8, 4) is 5.69 Å². The number of hydrogen-bond donors (Lipinski definition) is 2. The van der Waals surface area contributed by atoms with E-state index < -0.39 is 5.91 Å². The molecule has 1 fully saturated rings. The first kappa shape index (κ1) is 20.5. The molecule has 3 N–H and O–H groups in total. The summed E-state index contributed by atoms with van der Waals surface area (Å²) < 4.78 is 0. The van der Waals surface area contributed by atoms with Crippen molar-refractivity contribution in [1.82, 2.24) is 20.0 Å². The Bertz CT molecular complexity index is 1170. The van der Waals surface area contributed by atoms with Crippen LogP contribution in [0.5, 0.6) is 0 Å². The predicted octanol–water partition coefficient (Wildman–Crippen LogP) is 4.26. The summed E-state index contributed by atoms with van der Waals surface area (Å²) in [5, 5.41) is 12.6. The standard InChI is InChI=1S/C14H16N2.C10H10N4O/c1-4-8-13-11(5-1)9-10-14(16-13)15-12-6-2-3-7-12;1-7-2-3-9(8(6-7)10(11)15)14-12-4-5-13-14/h1,4-5,8-10,12H,2-3,6-7H2,(H,15,16);2-6H,1H3,(H2,11,15). The van der Waals surface area contributed by atoms with E-state index in [0.717, 1.165) is 16.9 Å². The summed E-state index contributed by atoms with van der Waals surface area (Å²) in [4.78, 5) is 17.2. The van der Waals surface area contributed by atoms with E-state index >= 15 is 0 Å². The molecule has 158 valence electrons. The number of fused-ring (bicyclic) bond motifs is 1. The van der Waals surface area contributed by atoms with Crippen LogP contribution in [0.2, 0.25) is 0 Å². The summed E-state index contributed by atoms with van der Waals surface area (Å²) in [6.45, 7) is 1.90. The zero-order chi connectivity index (χ0) is 21.6. The van der Waals surface area contributed by atoms with Gasteiger partial charge in [0, 0.05) is 11.4 Å². The Labute approximate surface area is 181 Å². The van der Waals surface area contributed by atoms with Crippen LogP contribution >= 0.6 is 0 Å². The lowest BCUT2D eigenvalue weighted by molar-refractivity contribution is 0.1000. The van der Waals surface area contributed by atoms with Crippen LogP contribution < -0.4 is 11.1 Å². The number of primary amides is 1. The molecule has 0 spiro atoms. The van der Waals surface area contributed by atoms with Crippen molar-refractivity contribution < 1.29 is 4.79 Å². The van der Waals surface area contributed by atoms with Crippen LogP contribution in [0, 0.1) is 6.92 Å². The minimum atomic E-state index is -0.481. The summed E-state index contributed by atoms with van der Waals surface area (Å²) in [7, 11) is 0. The van der Waals surface area contributed by atoms with E-state index in [4.69, 9.17) is 5.73 Å². The smallest absolute Gasteiger partial charge is 0.250 e. The topological polar surface area (TPSA) is 98.7 Å². The average molecular weight is 415 g/mol. The molecule has 0 aliphatic heterocycles. The average Bonchev–Trinajstić information content (AvgIpc) is 3.48. The van der Waals surface area contributed by atoms with Crippen molar-refractivity contribution in [2.75, 3.05) is 5.32 Å². The SMILES string of the molecule is Cc1ccc(-n2nccn2)c(C(N)=O)c1.c1ccc2nc(NC3CCCC3)ccc2c1. The molecule has 7 heteroatoms. The highest BCUT2D eigenvalue weighted by molar-refractivity contribution is 5.96. The molecule has 1 aliphatic carbocycles. The third kappa shape index (κ3) is 5.06. The summed E-state index contributed by atoms with van der Waals surface area (Å²) in [6.07, 6.45) is 8.37. The highest BCUT2D eigenvalue weighted by Crippen LogP contribution is 2.22. The number of nitrogens with zero attached hydrogens (tertiary/aromatic N) is 4. The van der Waals surface area contributed by atoms with Gasteiger partial charge in [0.1, 0.15) is 5.82 Å². The van der Waals surface area contributed by atoms with Crippen LogP contribution in [-0.2, 0) is 0 Å². The molecule has 0 radical (unpaired) electrons. The van der Waals surface area contributed by atoms with Gasteiger partial charge in [0.25, 0.3) is 5.91 Å². The highest BCUT2D eigenvalue weighted by Gasteiger charge is 2.14. The number of rotatable bonds is 4. The van der Waals surface area contributed by atoms with Gasteiger partial charge >= 0.3 is 0 Å². The maximum absolute atomic E-state index is 11.2. The Hall–Kier alpha value is -3.74. The van der Waals surface area contributed by atoms with Gasteiger partial charge in [-0.05, 0) is 50.1 Å². The molecule has 31 heavy (non-hydrogen) atoms. The van der Waals surface area contributed by atoms with Gasteiger partial charge in [-0.2, -0.15) is 15.0 Å². The second-order valence-electron chi connectivity index (χ2n) is 7.72. The van der Waals surface area contributed by atoms with Crippen molar-refractivity contribution in [3.05, 3.63) is 78.1 Å². The van der Waals surface area contributed by atoms with Gasteiger partial charge in [0.05, 0.1) is 29.2 Å². The maximum Gasteiger partial charge on any atom is 0.250 e. The predicted molar refractivity (Wildman–Crippen MR) is 122 cm³/mol. The lowest BCUT2D eigenvalue weighted by Crippen LogP contribution is -2.15. The molecule has 0 atom stereocenters. The molecule has 0 saturated heterocycles. The van der Waals surface area contributed by atoms with Gasteiger partial charge in [-0.15, -0.1) is 0 Å². The number of benzene rings is 2. The first-order valence-electron chi connectivity index (χ1n) is 10.5. The van der Waals surface area contributed by atoms with Gasteiger partial charge < -0.3 is 11.1 Å². The minimum absolute atomic E-state index is 0.422. The zero-order valence-corrected chi connectivity index (χ0v) is 17.5. The molecule has 2 aromatic carbocycles. The first-order chi connectivity index (χ1) is 15.1. The number of para-hydroxylation sites is 1. The van der Waals surface area contributed by atoms with Crippen LogP contribution in [0.3, 0.4) is 0 Å². The van der Waals surface area contributed by atoms with Crippen molar-refractivity contribution in [2.24, 2.45) is 5.73 Å². The third-order valence-corrected chi connectivity index (χ3v) is 5.36. The van der Waals surface area contributed by atoms with E-state index in [1.165, 1.54) is 35.9 Å². The third-order valence-electron chi connectivity index (χ3n) is 5.36. The van der Waals surface area contributed by atoms with Gasteiger partial charge in [0.15, 0.2) is 0 Å². The van der Waals surface area contributed by atoms with Crippen LogP contribution in [0.25, 0.3) is 16.6 Å². The van der Waals surface area contributed by atoms with Gasteiger partial charge in [-0.3, -0.25) is 4.79 Å². The molecule has 4 aromatic rings. The second-order valence-corrected chi connectivity index (χ2v) is 7.72. The quantitative estimate of drug-likeness (QED) is 0.520. The number of nitrogens with one attached hydrogen (secondary N) is 1. The van der Waals surface area contributed by atoms with Gasteiger partial charge in [-0.1, -0.05) is 42.7 Å². The van der Waals surface area contributed by atoms with Gasteiger partial charge in [0.2, 0.25) is 0 Å². The molecule has 7 nitrogen and oxygen atoms in total. The van der Waals surface area contributed by atoms with Gasteiger partial charge in [-0.25, -0.2) is 4.98 Å². The maximum atomic E-state index is 11.2. The van der Waals surface area contributed by atoms with Crippen LogP contribution in [-0.4, -0.2) is 31.9 Å². The zero-order valence-electron chi connectivity index (χ0n) is 17.5. The Kier molecular flexibility index (Phi) is 6.21. The second kappa shape index (κ2) is 9.38. The molecular formula is C24H26N6O. The Balaban J connectivity index is 0.000000150. The molecule has 1 saturated carbocycles. The number of pyridine rings is 1. The lowest BCUT2D eigenvalue weighted by atomic mass is 10.1. The molecule has 5 rings (SSSR count). The van der Waals surface area contributed by atoms with E-state index in [9.17, 15) is 4.79 Å². The normalized spacial score (nSPS) is 13.6. The molecule has 1 amide bonds. The summed E-state index contributed by atoms with van der Waals surface area (Å²) in [5.74, 6) is 0.539. The summed E-state index contributed by atoms with van der Waals surface area (Å²) >= 11 is 0. The number of aromatic nitrogens is 4. The Morgan fingerprint density at radius 1 is 1.03 bits per heavy atom. The van der Waals surface area contributed by atoms with E-state index in [1.54, 1.807) is 24.5 Å². The largest absolute Gasteiger partial charge is 0.367 e. The number of amides is 1. The molecular weight excluding hydrogens is 388 g/mol. The highest BCUT2D eigenvalue weighted by atomic mass is 16.1.